The molecule has 204 valence electrons. The molecule has 5 rings (SSSR count). The molecule has 0 spiro atoms. The van der Waals surface area contributed by atoms with Crippen molar-refractivity contribution in [3.63, 3.8) is 0 Å². The van der Waals surface area contributed by atoms with Crippen molar-refractivity contribution in [1.29, 1.82) is 0 Å². The third kappa shape index (κ3) is 5.59. The van der Waals surface area contributed by atoms with Crippen molar-refractivity contribution in [2.45, 2.75) is 43.7 Å². The summed E-state index contributed by atoms with van der Waals surface area (Å²) in [7, 11) is 1.81. The minimum atomic E-state index is -0.685. The molecule has 2 unspecified atom stereocenters. The van der Waals surface area contributed by atoms with Crippen molar-refractivity contribution >= 4 is 23.4 Å². The molecule has 1 saturated heterocycles. The van der Waals surface area contributed by atoms with Gasteiger partial charge in [-0.25, -0.2) is 4.39 Å². The summed E-state index contributed by atoms with van der Waals surface area (Å²) in [4.78, 5) is 30.3. The van der Waals surface area contributed by atoms with Gasteiger partial charge in [-0.1, -0.05) is 72.3 Å². The van der Waals surface area contributed by atoms with Crippen LogP contribution in [0, 0.1) is 11.7 Å². The smallest absolute Gasteiger partial charge is 0.233 e. The van der Waals surface area contributed by atoms with Crippen LogP contribution < -0.4 is 5.32 Å². The maximum Gasteiger partial charge on any atom is 0.233 e. The van der Waals surface area contributed by atoms with Crippen LogP contribution in [0.25, 0.3) is 0 Å². The zero-order valence-corrected chi connectivity index (χ0v) is 23.3. The Morgan fingerprint density at radius 2 is 1.62 bits per heavy atom. The summed E-state index contributed by atoms with van der Waals surface area (Å²) in [5, 5.41) is 3.87. The van der Waals surface area contributed by atoms with Crippen LogP contribution in [-0.2, 0) is 27.1 Å². The van der Waals surface area contributed by atoms with Crippen molar-refractivity contribution in [2.24, 2.45) is 5.92 Å². The van der Waals surface area contributed by atoms with Crippen LogP contribution in [0.2, 0.25) is 5.02 Å². The molecule has 1 aliphatic heterocycles. The van der Waals surface area contributed by atoms with E-state index < -0.39 is 5.41 Å². The zero-order valence-electron chi connectivity index (χ0n) is 22.5. The van der Waals surface area contributed by atoms with Gasteiger partial charge in [0.05, 0.1) is 11.0 Å². The van der Waals surface area contributed by atoms with Crippen LogP contribution in [0.15, 0.2) is 78.9 Å². The van der Waals surface area contributed by atoms with E-state index in [2.05, 4.69) is 22.3 Å². The van der Waals surface area contributed by atoms with Gasteiger partial charge in [0.25, 0.3) is 0 Å². The molecule has 2 aliphatic rings. The Bertz CT molecular complexity index is 1320. The first-order valence-corrected chi connectivity index (χ1v) is 13.9. The monoisotopic (exact) mass is 547 g/mol. The van der Waals surface area contributed by atoms with E-state index in [4.69, 9.17) is 11.6 Å². The average Bonchev–Trinajstić information content (AvgIpc) is 3.65. The van der Waals surface area contributed by atoms with Crippen molar-refractivity contribution < 1.29 is 14.0 Å². The lowest BCUT2D eigenvalue weighted by Gasteiger charge is -2.43. The number of amides is 2. The molecular formula is C32H35ClFN3O2. The highest BCUT2D eigenvalue weighted by Crippen LogP contribution is 2.56. The number of hydrogen-bond donors (Lipinski definition) is 1. The third-order valence-corrected chi connectivity index (χ3v) is 8.86. The highest BCUT2D eigenvalue weighted by Gasteiger charge is 2.62. The Balaban J connectivity index is 1.32. The number of benzene rings is 3. The number of piperidine rings is 1. The molecule has 1 saturated carbocycles. The third-order valence-electron chi connectivity index (χ3n) is 8.49. The first-order chi connectivity index (χ1) is 18.7. The van der Waals surface area contributed by atoms with E-state index in [0.717, 1.165) is 55.6 Å². The van der Waals surface area contributed by atoms with Gasteiger partial charge in [-0.05, 0) is 60.1 Å². The molecule has 7 heteroatoms. The Hall–Kier alpha value is -3.22. The molecule has 39 heavy (non-hydrogen) atoms. The van der Waals surface area contributed by atoms with Crippen LogP contribution >= 0.6 is 11.6 Å². The predicted octanol–water partition coefficient (Wildman–Crippen LogP) is 5.52. The lowest BCUT2D eigenvalue weighted by Crippen LogP contribution is -2.53. The first kappa shape index (κ1) is 27.4. The summed E-state index contributed by atoms with van der Waals surface area (Å²) in [6, 6.07) is 24.1. The number of likely N-dealkylation sites (N-methyl/N-ethyl adjacent to an activating group) is 1. The van der Waals surface area contributed by atoms with E-state index in [1.165, 1.54) is 12.1 Å². The van der Waals surface area contributed by atoms with Crippen molar-refractivity contribution in [3.8, 4) is 0 Å². The van der Waals surface area contributed by atoms with Gasteiger partial charge in [-0.2, -0.15) is 0 Å². The minimum Gasteiger partial charge on any atom is -0.347 e. The van der Waals surface area contributed by atoms with E-state index in [1.54, 1.807) is 24.0 Å². The highest BCUT2D eigenvalue weighted by atomic mass is 35.5. The summed E-state index contributed by atoms with van der Waals surface area (Å²) < 4.78 is 13.8. The predicted molar refractivity (Wildman–Crippen MR) is 152 cm³/mol. The highest BCUT2D eigenvalue weighted by molar-refractivity contribution is 6.31. The molecule has 5 nitrogen and oxygen atoms in total. The molecular weight excluding hydrogens is 513 g/mol. The molecule has 1 aliphatic carbocycles. The molecule has 2 amide bonds. The van der Waals surface area contributed by atoms with E-state index in [0.29, 0.717) is 11.6 Å². The fraction of sp³-hybridized carbons (Fsp3) is 0.375. The molecule has 0 aromatic heterocycles. The van der Waals surface area contributed by atoms with Crippen LogP contribution in [-0.4, -0.2) is 48.3 Å². The largest absolute Gasteiger partial charge is 0.347 e. The van der Waals surface area contributed by atoms with Crippen molar-refractivity contribution in [2.75, 3.05) is 26.7 Å². The summed E-state index contributed by atoms with van der Waals surface area (Å²) in [5.41, 5.74) is 1.82. The second-order valence-electron chi connectivity index (χ2n) is 11.1. The number of hydrogen-bond acceptors (Lipinski definition) is 3. The Morgan fingerprint density at radius 1 is 0.974 bits per heavy atom. The van der Waals surface area contributed by atoms with Crippen molar-refractivity contribution in [3.05, 3.63) is 106 Å². The Morgan fingerprint density at radius 3 is 2.26 bits per heavy atom. The maximum absolute atomic E-state index is 14.0. The number of halogens is 2. The van der Waals surface area contributed by atoms with E-state index in [-0.39, 0.29) is 29.1 Å². The summed E-state index contributed by atoms with van der Waals surface area (Å²) in [6.45, 7) is 4.38. The van der Waals surface area contributed by atoms with Crippen LogP contribution in [0.4, 0.5) is 4.39 Å². The molecule has 3 aromatic carbocycles. The number of carbonyl (C=O) groups is 2. The number of likely N-dealkylation sites (tertiary alicyclic amines) is 1. The second-order valence-corrected chi connectivity index (χ2v) is 11.5. The molecule has 0 bridgehead atoms. The van der Waals surface area contributed by atoms with Crippen molar-refractivity contribution in [1.82, 2.24) is 15.1 Å². The van der Waals surface area contributed by atoms with Gasteiger partial charge in [-0.15, -0.1) is 0 Å². The van der Waals surface area contributed by atoms with Gasteiger partial charge in [-0.3, -0.25) is 9.59 Å². The van der Waals surface area contributed by atoms with Gasteiger partial charge in [0.2, 0.25) is 11.8 Å². The lowest BCUT2D eigenvalue weighted by atomic mass is 9.80. The van der Waals surface area contributed by atoms with E-state index >= 15 is 0 Å². The van der Waals surface area contributed by atoms with E-state index in [1.807, 2.05) is 49.5 Å². The fourth-order valence-electron chi connectivity index (χ4n) is 6.34. The SMILES string of the molecule is CC(=O)NC1(c2ccccc2)CCN(CC2CC2(C(=O)N(C)Cc2ccccc2Cl)c2ccc(F)cc2)CC1. The van der Waals surface area contributed by atoms with Crippen LogP contribution in [0.5, 0.6) is 0 Å². The second kappa shape index (κ2) is 11.1. The Labute approximate surface area is 235 Å². The van der Waals surface area contributed by atoms with Gasteiger partial charge < -0.3 is 15.1 Å². The lowest BCUT2D eigenvalue weighted by molar-refractivity contribution is -0.133. The fourth-order valence-corrected chi connectivity index (χ4v) is 6.54. The zero-order chi connectivity index (χ0) is 27.6. The van der Waals surface area contributed by atoms with E-state index in [9.17, 15) is 14.0 Å². The van der Waals surface area contributed by atoms with Gasteiger partial charge >= 0.3 is 0 Å². The molecule has 2 atom stereocenters. The Kier molecular flexibility index (Phi) is 7.79. The maximum atomic E-state index is 14.0. The molecule has 3 aromatic rings. The number of carbonyl (C=O) groups excluding carboxylic acids is 2. The summed E-state index contributed by atoms with van der Waals surface area (Å²) in [5.74, 6) is -0.187. The van der Waals surface area contributed by atoms with Crippen LogP contribution in [0.3, 0.4) is 0 Å². The number of nitrogens with one attached hydrogen (secondary N) is 1. The van der Waals surface area contributed by atoms with Gasteiger partial charge in [0, 0.05) is 45.2 Å². The average molecular weight is 548 g/mol. The van der Waals surface area contributed by atoms with Gasteiger partial charge in [0.15, 0.2) is 0 Å². The normalized spacial score (nSPS) is 22.2. The first-order valence-electron chi connectivity index (χ1n) is 13.6. The molecule has 2 fully saturated rings. The summed E-state index contributed by atoms with van der Waals surface area (Å²) in [6.07, 6.45) is 2.32. The van der Waals surface area contributed by atoms with Gasteiger partial charge in [0.1, 0.15) is 5.82 Å². The summed E-state index contributed by atoms with van der Waals surface area (Å²) >= 11 is 6.38. The minimum absolute atomic E-state index is 0.0306. The topological polar surface area (TPSA) is 52.7 Å². The standard InChI is InChI=1S/C32H35ClFN3O2/c1-23(38)35-31(25-9-4-3-5-10-25)16-18-37(19-17-31)22-27-20-32(27,26-12-14-28(34)15-13-26)30(39)36(2)21-24-8-6-7-11-29(24)33/h3-15,27H,16-22H2,1-2H3,(H,35,38). The molecule has 1 heterocycles. The quantitative estimate of drug-likeness (QED) is 0.404. The number of rotatable bonds is 8. The van der Waals surface area contributed by atoms with Crippen LogP contribution in [0.1, 0.15) is 42.9 Å². The number of nitrogens with zero attached hydrogens (tertiary/aromatic N) is 2. The molecule has 0 radical (unpaired) electrons. The molecule has 1 N–H and O–H groups in total.